The summed E-state index contributed by atoms with van der Waals surface area (Å²) in [5.41, 5.74) is -6.87. The van der Waals surface area contributed by atoms with Crippen LogP contribution in [0.4, 0.5) is 65.9 Å². The van der Waals surface area contributed by atoms with Gasteiger partial charge in [0.15, 0.2) is 70.3 Å². The molecule has 20 heteroatoms. The van der Waals surface area contributed by atoms with Crippen molar-refractivity contribution in [2.75, 3.05) is 18.1 Å². The molecule has 1 aromatic heterocycles. The highest BCUT2D eigenvalue weighted by atomic mass is 79.9. The van der Waals surface area contributed by atoms with Gasteiger partial charge in [0.05, 0.1) is 5.75 Å². The summed E-state index contributed by atoms with van der Waals surface area (Å²) >= 11 is 4.13. The number of nitrogens with zero attached hydrogens (tertiary/aromatic N) is 1. The van der Waals surface area contributed by atoms with Crippen molar-refractivity contribution in [3.63, 3.8) is 0 Å². The number of aromatic nitrogens is 1. The van der Waals surface area contributed by atoms with Gasteiger partial charge in [-0.25, -0.2) is 65.9 Å². The number of hydrogen-bond donors (Lipinski definition) is 0. The molecule has 0 N–H and O–H groups in total. The zero-order valence-corrected chi connectivity index (χ0v) is 30.2. The SMILES string of the molecule is Brc1ccccc1.Cc1cccc(C)[n+]1CCSCCO[B-](c1c(F)c(F)c(F)c(F)c1F)(c1c(F)c(F)c(F)c(F)c1F)c1c(F)c(F)c(F)c(F)c1F. The molecule has 0 saturated heterocycles. The summed E-state index contributed by atoms with van der Waals surface area (Å²) in [7, 11) is 0. The quantitative estimate of drug-likeness (QED) is 0.0349. The lowest BCUT2D eigenvalue weighted by molar-refractivity contribution is -0.704. The van der Waals surface area contributed by atoms with Crippen molar-refractivity contribution in [2.45, 2.75) is 20.4 Å². The van der Waals surface area contributed by atoms with Gasteiger partial charge in [-0.15, -0.1) is 0 Å². The van der Waals surface area contributed by atoms with Gasteiger partial charge in [0.2, 0.25) is 6.35 Å². The van der Waals surface area contributed by atoms with Crippen molar-refractivity contribution < 1.29 is 75.1 Å². The second kappa shape index (κ2) is 17.7. The number of aryl methyl sites for hydroxylation is 2. The highest BCUT2D eigenvalue weighted by Crippen LogP contribution is 2.29. The fourth-order valence-corrected chi connectivity index (χ4v) is 6.75. The van der Waals surface area contributed by atoms with Crippen molar-refractivity contribution >= 4 is 50.4 Å². The number of halogens is 16. The van der Waals surface area contributed by atoms with Gasteiger partial charge in [0.25, 0.3) is 0 Å². The Morgan fingerprint density at radius 1 is 0.473 bits per heavy atom. The molecule has 55 heavy (non-hydrogen) atoms. The van der Waals surface area contributed by atoms with Crippen LogP contribution >= 0.6 is 27.7 Å². The zero-order valence-electron chi connectivity index (χ0n) is 27.8. The van der Waals surface area contributed by atoms with Gasteiger partial charge in [-0.1, -0.05) is 50.5 Å². The molecular formula is C35H22BBrF15NOS. The Morgan fingerprint density at radius 3 is 1.11 bits per heavy atom. The molecule has 0 spiro atoms. The Kier molecular flexibility index (Phi) is 14.1. The summed E-state index contributed by atoms with van der Waals surface area (Å²) in [6.45, 7) is 2.36. The first kappa shape index (κ1) is 43.6. The van der Waals surface area contributed by atoms with E-state index in [9.17, 15) is 39.5 Å². The van der Waals surface area contributed by atoms with E-state index in [-0.39, 0.29) is 12.3 Å². The Hall–Kier alpha value is -4.17. The molecule has 1 heterocycles. The summed E-state index contributed by atoms with van der Waals surface area (Å²) in [6, 6.07) is 15.2. The lowest BCUT2D eigenvalue weighted by Crippen LogP contribution is -2.75. The number of hydrogen-bond acceptors (Lipinski definition) is 2. The van der Waals surface area contributed by atoms with E-state index in [4.69, 9.17) is 4.65 Å². The highest BCUT2D eigenvalue weighted by Gasteiger charge is 2.49. The molecule has 0 unspecified atom stereocenters. The first-order valence-corrected chi connectivity index (χ1v) is 17.4. The Balaban J connectivity index is 0.000000862. The third kappa shape index (κ3) is 8.21. The zero-order chi connectivity index (χ0) is 41.1. The summed E-state index contributed by atoms with van der Waals surface area (Å²) in [6.07, 6.45) is -6.01. The Morgan fingerprint density at radius 2 is 0.800 bits per heavy atom. The monoisotopic (exact) mass is 879 g/mol. The fraction of sp³-hybridized carbons (Fsp3) is 0.171. The fourth-order valence-electron chi connectivity index (χ4n) is 5.71. The molecule has 0 aliphatic carbocycles. The number of rotatable bonds is 10. The second-order valence-electron chi connectivity index (χ2n) is 11.5. The number of benzene rings is 4. The van der Waals surface area contributed by atoms with Crippen LogP contribution in [-0.4, -0.2) is 24.5 Å². The highest BCUT2D eigenvalue weighted by molar-refractivity contribution is 9.10. The van der Waals surface area contributed by atoms with Crippen LogP contribution in [0.5, 0.6) is 0 Å². The Labute approximate surface area is 315 Å². The van der Waals surface area contributed by atoms with E-state index in [0.29, 0.717) is 0 Å². The molecule has 0 atom stereocenters. The number of thioether (sulfide) groups is 1. The summed E-state index contributed by atoms with van der Waals surface area (Å²) in [5, 5.41) is 0. The van der Waals surface area contributed by atoms with E-state index < -0.39 is 122 Å². The van der Waals surface area contributed by atoms with Crippen molar-refractivity contribution in [3.05, 3.63) is 152 Å². The van der Waals surface area contributed by atoms with E-state index in [1.165, 1.54) is 0 Å². The van der Waals surface area contributed by atoms with Crippen LogP contribution in [0.2, 0.25) is 0 Å². The van der Waals surface area contributed by atoms with E-state index >= 15 is 26.3 Å². The van der Waals surface area contributed by atoms with Gasteiger partial charge >= 0.3 is 0 Å². The lowest BCUT2D eigenvalue weighted by Gasteiger charge is -2.44. The standard InChI is InChI=1S/C29H17BF15NOS.C6H5Br/c1-10-4-3-5-11(2)46(10)6-8-48-9-7-47-30(12-15(31)21(37)27(43)22(38)16(12)32,13-17(33)23(39)28(44)24(40)18(13)34)14-19(35)25(41)29(45)26(42)20(14)36;7-6-4-2-1-3-5-6/h3-5H,6-9H2,1-2H3;1-5H. The van der Waals surface area contributed by atoms with Crippen LogP contribution in [0.25, 0.3) is 0 Å². The van der Waals surface area contributed by atoms with Crippen molar-refractivity contribution in [2.24, 2.45) is 0 Å². The van der Waals surface area contributed by atoms with Gasteiger partial charge in [-0.3, -0.25) is 0 Å². The molecular weight excluding hydrogens is 858 g/mol. The van der Waals surface area contributed by atoms with Gasteiger partial charge < -0.3 is 4.65 Å². The third-order valence-electron chi connectivity index (χ3n) is 8.27. The first-order chi connectivity index (χ1) is 25.8. The first-order valence-electron chi connectivity index (χ1n) is 15.4. The molecule has 0 radical (unpaired) electrons. The van der Waals surface area contributed by atoms with E-state index in [2.05, 4.69) is 15.9 Å². The van der Waals surface area contributed by atoms with Crippen LogP contribution in [-0.2, 0) is 11.2 Å². The normalized spacial score (nSPS) is 11.5. The van der Waals surface area contributed by atoms with E-state index in [0.717, 1.165) is 27.6 Å². The molecule has 294 valence electrons. The summed E-state index contributed by atoms with van der Waals surface area (Å²) < 4.78 is 230. The van der Waals surface area contributed by atoms with E-state index in [1.54, 1.807) is 36.6 Å². The van der Waals surface area contributed by atoms with Crippen LogP contribution in [0.1, 0.15) is 11.4 Å². The van der Waals surface area contributed by atoms with Gasteiger partial charge in [0.1, 0.15) is 34.9 Å². The van der Waals surface area contributed by atoms with Crippen molar-refractivity contribution in [3.8, 4) is 0 Å². The maximum Gasteiger partial charge on any atom is 0.216 e. The summed E-state index contributed by atoms with van der Waals surface area (Å²) in [4.78, 5) is 0. The molecule has 4 aromatic carbocycles. The van der Waals surface area contributed by atoms with Crippen LogP contribution in [0.15, 0.2) is 53.0 Å². The largest absolute Gasteiger partial charge is 0.578 e. The molecule has 5 rings (SSSR count). The molecule has 0 fully saturated rings. The minimum Gasteiger partial charge on any atom is -0.578 e. The number of pyridine rings is 1. The van der Waals surface area contributed by atoms with Crippen LogP contribution < -0.4 is 21.0 Å². The average molecular weight is 880 g/mol. The Bertz CT molecular complexity index is 1970. The predicted molar refractivity (Wildman–Crippen MR) is 177 cm³/mol. The maximum absolute atomic E-state index is 15.4. The van der Waals surface area contributed by atoms with Crippen molar-refractivity contribution in [1.82, 2.24) is 0 Å². The molecule has 0 amide bonds. The lowest BCUT2D eigenvalue weighted by atomic mass is 9.27. The second-order valence-corrected chi connectivity index (χ2v) is 13.6. The molecule has 0 aliphatic heterocycles. The molecule has 0 aliphatic rings. The molecule has 0 saturated carbocycles. The molecule has 2 nitrogen and oxygen atoms in total. The summed E-state index contributed by atoms with van der Waals surface area (Å²) in [5.74, 6) is -46.6. The molecule has 0 bridgehead atoms. The maximum atomic E-state index is 15.4. The van der Waals surface area contributed by atoms with Crippen LogP contribution in [0.3, 0.4) is 0 Å². The minimum absolute atomic E-state index is 0.104. The predicted octanol–water partition coefficient (Wildman–Crippen LogP) is 8.54. The molecule has 5 aromatic rings. The topological polar surface area (TPSA) is 13.1 Å². The van der Waals surface area contributed by atoms with Crippen molar-refractivity contribution in [1.29, 1.82) is 0 Å². The third-order valence-corrected chi connectivity index (χ3v) is 9.72. The smallest absolute Gasteiger partial charge is 0.216 e. The minimum atomic E-state index is -6.01. The van der Waals surface area contributed by atoms with Gasteiger partial charge in [-0.05, 0) is 18.2 Å². The van der Waals surface area contributed by atoms with Gasteiger partial charge in [0, 0.05) is 42.8 Å². The van der Waals surface area contributed by atoms with E-state index in [1.807, 2.05) is 30.3 Å². The van der Waals surface area contributed by atoms with Gasteiger partial charge in [-0.2, -0.15) is 16.3 Å². The average Bonchev–Trinajstić information content (AvgIpc) is 3.16. The van der Waals surface area contributed by atoms with Crippen LogP contribution in [0, 0.1) is 101 Å².